The Bertz CT molecular complexity index is 815. The van der Waals surface area contributed by atoms with Gasteiger partial charge in [0.05, 0.1) is 11.2 Å². The van der Waals surface area contributed by atoms with Crippen molar-refractivity contribution in [1.29, 1.82) is 0 Å². The van der Waals surface area contributed by atoms with E-state index in [0.29, 0.717) is 32.1 Å². The Labute approximate surface area is 185 Å². The van der Waals surface area contributed by atoms with E-state index in [4.69, 9.17) is 4.74 Å². The molecule has 6 nitrogen and oxygen atoms in total. The molecule has 1 aromatic carbocycles. The summed E-state index contributed by atoms with van der Waals surface area (Å²) in [6.07, 6.45) is 6.40. The first-order valence-corrected chi connectivity index (χ1v) is 10.7. The number of Topliss-reactive ketones (excluding diaryl/α,β-unsaturated/α-hetero) is 1. The summed E-state index contributed by atoms with van der Waals surface area (Å²) < 4.78 is 5.41. The summed E-state index contributed by atoms with van der Waals surface area (Å²) in [6.45, 7) is 8.97. The number of aliphatic hydroxyl groups is 1. The SMILES string of the molecule is CC(=O)OC(CCC(C)=CCCC(=O)c1ccc(O)cc1O)C(C)(O)CCC=C(C)C. The summed E-state index contributed by atoms with van der Waals surface area (Å²) in [5, 5.41) is 30.0. The fraction of sp³-hybridized carbons (Fsp3) is 0.520. The van der Waals surface area contributed by atoms with Crippen molar-refractivity contribution in [1.82, 2.24) is 0 Å². The van der Waals surface area contributed by atoms with Crippen molar-refractivity contribution < 1.29 is 29.6 Å². The minimum absolute atomic E-state index is 0.0936. The number of carbonyl (C=O) groups excluding carboxylic acids is 2. The average molecular weight is 433 g/mol. The van der Waals surface area contributed by atoms with Crippen LogP contribution >= 0.6 is 0 Å². The lowest BCUT2D eigenvalue weighted by molar-refractivity contribution is -0.162. The Balaban J connectivity index is 2.64. The number of hydrogen-bond donors (Lipinski definition) is 3. The van der Waals surface area contributed by atoms with Crippen LogP contribution in [-0.4, -0.2) is 38.8 Å². The molecule has 31 heavy (non-hydrogen) atoms. The first kappa shape index (κ1) is 26.4. The topological polar surface area (TPSA) is 104 Å². The minimum Gasteiger partial charge on any atom is -0.508 e. The van der Waals surface area contributed by atoms with E-state index in [2.05, 4.69) is 0 Å². The quantitative estimate of drug-likeness (QED) is 0.238. The molecule has 6 heteroatoms. The van der Waals surface area contributed by atoms with Crippen LogP contribution in [0.4, 0.5) is 0 Å². The van der Waals surface area contributed by atoms with Crippen LogP contribution in [0.25, 0.3) is 0 Å². The molecule has 2 atom stereocenters. The summed E-state index contributed by atoms with van der Waals surface area (Å²) >= 11 is 0. The molecular weight excluding hydrogens is 396 g/mol. The minimum atomic E-state index is -1.13. The molecular formula is C25H36O6. The van der Waals surface area contributed by atoms with E-state index in [9.17, 15) is 24.9 Å². The molecule has 2 unspecified atom stereocenters. The van der Waals surface area contributed by atoms with Crippen LogP contribution in [0, 0.1) is 0 Å². The normalized spacial score (nSPS) is 14.5. The number of hydrogen-bond acceptors (Lipinski definition) is 6. The maximum Gasteiger partial charge on any atom is 0.303 e. The Hall–Kier alpha value is -2.60. The molecule has 1 aromatic rings. The van der Waals surface area contributed by atoms with E-state index in [1.807, 2.05) is 32.9 Å². The number of esters is 1. The molecule has 0 radical (unpaired) electrons. The van der Waals surface area contributed by atoms with Gasteiger partial charge in [-0.3, -0.25) is 9.59 Å². The van der Waals surface area contributed by atoms with Gasteiger partial charge in [0.15, 0.2) is 5.78 Å². The molecule has 0 saturated carbocycles. The Kier molecular flexibility index (Phi) is 10.5. The zero-order valence-corrected chi connectivity index (χ0v) is 19.3. The molecule has 0 fully saturated rings. The summed E-state index contributed by atoms with van der Waals surface area (Å²) in [5.74, 6) is -0.955. The van der Waals surface area contributed by atoms with Crippen molar-refractivity contribution in [3.8, 4) is 11.5 Å². The third kappa shape index (κ3) is 9.83. The van der Waals surface area contributed by atoms with E-state index < -0.39 is 17.7 Å². The highest BCUT2D eigenvalue weighted by atomic mass is 16.6. The molecule has 172 valence electrons. The molecule has 0 saturated heterocycles. The first-order valence-electron chi connectivity index (χ1n) is 10.7. The van der Waals surface area contributed by atoms with E-state index in [-0.39, 0.29) is 29.3 Å². The van der Waals surface area contributed by atoms with Crippen LogP contribution in [0.5, 0.6) is 11.5 Å². The third-order valence-electron chi connectivity index (χ3n) is 5.15. The highest BCUT2D eigenvalue weighted by Gasteiger charge is 2.33. The van der Waals surface area contributed by atoms with Gasteiger partial charge in [0.25, 0.3) is 0 Å². The third-order valence-corrected chi connectivity index (χ3v) is 5.15. The lowest BCUT2D eigenvalue weighted by Gasteiger charge is -2.32. The number of ketones is 1. The second-order valence-electron chi connectivity index (χ2n) is 8.53. The van der Waals surface area contributed by atoms with Crippen LogP contribution < -0.4 is 0 Å². The van der Waals surface area contributed by atoms with Crippen molar-refractivity contribution in [2.24, 2.45) is 0 Å². The summed E-state index contributed by atoms with van der Waals surface area (Å²) in [7, 11) is 0. The Morgan fingerprint density at radius 3 is 2.32 bits per heavy atom. The first-order chi connectivity index (χ1) is 14.4. The maximum atomic E-state index is 12.3. The molecule has 0 aromatic heterocycles. The number of rotatable bonds is 12. The molecule has 0 aliphatic rings. The molecule has 0 aliphatic carbocycles. The molecule has 0 spiro atoms. The zero-order chi connectivity index (χ0) is 23.6. The predicted molar refractivity (Wildman–Crippen MR) is 121 cm³/mol. The fourth-order valence-electron chi connectivity index (χ4n) is 3.31. The van der Waals surface area contributed by atoms with E-state index in [1.54, 1.807) is 6.92 Å². The van der Waals surface area contributed by atoms with Crippen LogP contribution in [0.3, 0.4) is 0 Å². The highest BCUT2D eigenvalue weighted by Crippen LogP contribution is 2.27. The van der Waals surface area contributed by atoms with E-state index in [1.165, 1.54) is 24.6 Å². The molecule has 3 N–H and O–H groups in total. The standard InChI is InChI=1S/C25H36O6/c1-17(2)8-7-15-25(5,30)24(31-19(4)26)14-11-18(3)9-6-10-22(28)21-13-12-20(27)16-23(21)29/h8-9,12-13,16,24,27,29-30H,6-7,10-11,14-15H2,1-5H3. The van der Waals surface area contributed by atoms with Crippen molar-refractivity contribution >= 4 is 11.8 Å². The summed E-state index contributed by atoms with van der Waals surface area (Å²) in [4.78, 5) is 23.8. The van der Waals surface area contributed by atoms with Gasteiger partial charge in [-0.15, -0.1) is 0 Å². The van der Waals surface area contributed by atoms with Crippen LogP contribution in [0.1, 0.15) is 83.5 Å². The lowest BCUT2D eigenvalue weighted by atomic mass is 9.89. The van der Waals surface area contributed by atoms with Crippen molar-refractivity contribution in [3.05, 3.63) is 47.1 Å². The van der Waals surface area contributed by atoms with Crippen molar-refractivity contribution in [2.45, 2.75) is 84.8 Å². The fourth-order valence-corrected chi connectivity index (χ4v) is 3.31. The van der Waals surface area contributed by atoms with Gasteiger partial charge >= 0.3 is 5.97 Å². The van der Waals surface area contributed by atoms with Gasteiger partial charge in [0.2, 0.25) is 0 Å². The monoisotopic (exact) mass is 432 g/mol. The van der Waals surface area contributed by atoms with Gasteiger partial charge in [0, 0.05) is 19.4 Å². The van der Waals surface area contributed by atoms with E-state index >= 15 is 0 Å². The predicted octanol–water partition coefficient (Wildman–Crippen LogP) is 5.22. The summed E-state index contributed by atoms with van der Waals surface area (Å²) in [6, 6.07) is 3.92. The molecule has 0 amide bonds. The maximum absolute atomic E-state index is 12.3. The van der Waals surface area contributed by atoms with Gasteiger partial charge in [-0.2, -0.15) is 0 Å². The Morgan fingerprint density at radius 1 is 1.06 bits per heavy atom. The van der Waals surface area contributed by atoms with Gasteiger partial charge in [-0.05, 0) is 71.9 Å². The van der Waals surface area contributed by atoms with Crippen LogP contribution in [-0.2, 0) is 9.53 Å². The van der Waals surface area contributed by atoms with Crippen molar-refractivity contribution in [3.63, 3.8) is 0 Å². The second kappa shape index (κ2) is 12.3. The van der Waals surface area contributed by atoms with Crippen LogP contribution in [0.2, 0.25) is 0 Å². The summed E-state index contributed by atoms with van der Waals surface area (Å²) in [5.41, 5.74) is 1.25. The average Bonchev–Trinajstić information content (AvgIpc) is 2.64. The number of benzene rings is 1. The molecule has 0 aliphatic heterocycles. The zero-order valence-electron chi connectivity index (χ0n) is 19.3. The van der Waals surface area contributed by atoms with Gasteiger partial charge in [0.1, 0.15) is 17.6 Å². The molecule has 1 rings (SSSR count). The molecule has 0 heterocycles. The smallest absolute Gasteiger partial charge is 0.303 e. The number of carbonyl (C=O) groups is 2. The number of phenols is 2. The molecule has 0 bridgehead atoms. The van der Waals surface area contributed by atoms with Gasteiger partial charge in [-0.25, -0.2) is 0 Å². The van der Waals surface area contributed by atoms with Gasteiger partial charge in [-0.1, -0.05) is 23.3 Å². The Morgan fingerprint density at radius 2 is 1.74 bits per heavy atom. The number of phenolic OH excluding ortho intramolecular Hbond substituents is 2. The highest BCUT2D eigenvalue weighted by molar-refractivity contribution is 5.98. The van der Waals surface area contributed by atoms with Crippen molar-refractivity contribution in [2.75, 3.05) is 0 Å². The van der Waals surface area contributed by atoms with E-state index in [0.717, 1.165) is 11.6 Å². The number of aromatic hydroxyl groups is 2. The largest absolute Gasteiger partial charge is 0.508 e. The van der Waals surface area contributed by atoms with Gasteiger partial charge < -0.3 is 20.1 Å². The number of allylic oxidation sites excluding steroid dienone is 4. The second-order valence-corrected chi connectivity index (χ2v) is 8.53. The number of ether oxygens (including phenoxy) is 1. The lowest BCUT2D eigenvalue weighted by Crippen LogP contribution is -2.42. The van der Waals surface area contributed by atoms with Crippen LogP contribution in [0.15, 0.2) is 41.5 Å².